The fraction of sp³-hybridized carbons (Fsp3) is 0.818. The average Bonchev–Trinajstić information content (AvgIpc) is 2.10. The minimum Gasteiger partial charge on any atom is -0.316 e. The largest absolute Gasteiger partial charge is 0.316 e. The van der Waals surface area contributed by atoms with Crippen molar-refractivity contribution in [2.75, 3.05) is 13.1 Å². The predicted molar refractivity (Wildman–Crippen MR) is 56.4 cm³/mol. The lowest BCUT2D eigenvalue weighted by Crippen LogP contribution is -2.15. The summed E-state index contributed by atoms with van der Waals surface area (Å²) < 4.78 is 0. The Balaban J connectivity index is 2.90. The van der Waals surface area contributed by atoms with Gasteiger partial charge in [-0.2, -0.15) is 0 Å². The van der Waals surface area contributed by atoms with E-state index in [0.717, 1.165) is 6.54 Å². The lowest BCUT2D eigenvalue weighted by molar-refractivity contribution is 0.644. The van der Waals surface area contributed by atoms with Gasteiger partial charge in [0, 0.05) is 0 Å². The molecule has 1 heteroatoms. The van der Waals surface area contributed by atoms with E-state index in [-0.39, 0.29) is 0 Å². The molecule has 0 saturated carbocycles. The normalized spacial score (nSPS) is 11.2. The maximum absolute atomic E-state index is 3.41. The van der Waals surface area contributed by atoms with Crippen LogP contribution in [-0.4, -0.2) is 13.1 Å². The molecular formula is C11H23N. The van der Waals surface area contributed by atoms with Gasteiger partial charge in [-0.15, -0.1) is 0 Å². The first kappa shape index (κ1) is 11.7. The maximum Gasteiger partial charge on any atom is -0.00143 e. The van der Waals surface area contributed by atoms with Crippen molar-refractivity contribution in [3.8, 4) is 0 Å². The fourth-order valence-corrected chi connectivity index (χ4v) is 1.01. The average molecular weight is 169 g/mol. The van der Waals surface area contributed by atoms with Crippen LogP contribution in [0.3, 0.4) is 0 Å². The van der Waals surface area contributed by atoms with E-state index in [1.165, 1.54) is 38.6 Å². The molecule has 0 aromatic carbocycles. The Kier molecular flexibility index (Phi) is 10.4. The van der Waals surface area contributed by atoms with Crippen molar-refractivity contribution < 1.29 is 0 Å². The third kappa shape index (κ3) is 9.70. The van der Waals surface area contributed by atoms with Crippen LogP contribution in [0.4, 0.5) is 0 Å². The molecule has 0 radical (unpaired) electrons. The van der Waals surface area contributed by atoms with Gasteiger partial charge in [-0.25, -0.2) is 0 Å². The molecule has 0 aliphatic carbocycles. The van der Waals surface area contributed by atoms with Gasteiger partial charge >= 0.3 is 0 Å². The van der Waals surface area contributed by atoms with Crippen LogP contribution in [0, 0.1) is 0 Å². The first-order chi connectivity index (χ1) is 5.91. The van der Waals surface area contributed by atoms with Gasteiger partial charge in [0.1, 0.15) is 0 Å². The first-order valence-corrected chi connectivity index (χ1v) is 5.27. The molecule has 1 N–H and O–H groups in total. The fourth-order valence-electron chi connectivity index (χ4n) is 1.01. The maximum atomic E-state index is 3.41. The summed E-state index contributed by atoms with van der Waals surface area (Å²) in [6.45, 7) is 6.75. The number of unbranched alkanes of at least 4 members (excludes halogenated alkanes) is 2. The van der Waals surface area contributed by atoms with Gasteiger partial charge in [-0.1, -0.05) is 38.8 Å². The van der Waals surface area contributed by atoms with Crippen LogP contribution in [0.1, 0.15) is 46.0 Å². The van der Waals surface area contributed by atoms with E-state index in [9.17, 15) is 0 Å². The Morgan fingerprint density at radius 3 is 2.33 bits per heavy atom. The van der Waals surface area contributed by atoms with Crippen LogP contribution in [0.25, 0.3) is 0 Å². The topological polar surface area (TPSA) is 12.0 Å². The highest BCUT2D eigenvalue weighted by atomic mass is 14.8. The van der Waals surface area contributed by atoms with Crippen molar-refractivity contribution >= 4 is 0 Å². The monoisotopic (exact) mass is 169 g/mol. The highest BCUT2D eigenvalue weighted by molar-refractivity contribution is 4.81. The van der Waals surface area contributed by atoms with Crippen molar-refractivity contribution in [3.63, 3.8) is 0 Å². The van der Waals surface area contributed by atoms with Crippen LogP contribution in [0.15, 0.2) is 12.2 Å². The Bertz CT molecular complexity index is 97.2. The van der Waals surface area contributed by atoms with Gasteiger partial charge in [0.05, 0.1) is 0 Å². The third-order valence-corrected chi connectivity index (χ3v) is 1.82. The summed E-state index contributed by atoms with van der Waals surface area (Å²) in [6.07, 6.45) is 10.8. The van der Waals surface area contributed by atoms with Crippen molar-refractivity contribution in [3.05, 3.63) is 12.2 Å². The number of nitrogens with one attached hydrogen (secondary N) is 1. The van der Waals surface area contributed by atoms with Crippen LogP contribution in [0.2, 0.25) is 0 Å². The Morgan fingerprint density at radius 1 is 0.917 bits per heavy atom. The van der Waals surface area contributed by atoms with E-state index in [4.69, 9.17) is 0 Å². The van der Waals surface area contributed by atoms with Crippen LogP contribution in [-0.2, 0) is 0 Å². The van der Waals surface area contributed by atoms with Gasteiger partial charge < -0.3 is 5.32 Å². The van der Waals surface area contributed by atoms with Crippen LogP contribution < -0.4 is 5.32 Å². The summed E-state index contributed by atoms with van der Waals surface area (Å²) >= 11 is 0. The molecule has 0 spiro atoms. The molecule has 0 saturated heterocycles. The SMILES string of the molecule is CCC/C=C\CCNCCCC. The molecule has 0 unspecified atom stereocenters. The van der Waals surface area contributed by atoms with E-state index in [0.29, 0.717) is 0 Å². The molecule has 0 heterocycles. The van der Waals surface area contributed by atoms with Gasteiger partial charge in [0.2, 0.25) is 0 Å². The lowest BCUT2D eigenvalue weighted by Gasteiger charge is -1.99. The molecule has 12 heavy (non-hydrogen) atoms. The second-order valence-electron chi connectivity index (χ2n) is 3.15. The minimum atomic E-state index is 1.14. The van der Waals surface area contributed by atoms with Crippen molar-refractivity contribution in [1.29, 1.82) is 0 Å². The van der Waals surface area contributed by atoms with Gasteiger partial charge in [-0.3, -0.25) is 0 Å². The molecule has 0 atom stereocenters. The molecule has 0 aromatic heterocycles. The van der Waals surface area contributed by atoms with Gasteiger partial charge in [0.25, 0.3) is 0 Å². The molecule has 0 bridgehead atoms. The summed E-state index contributed by atoms with van der Waals surface area (Å²) in [6, 6.07) is 0. The number of hydrogen-bond acceptors (Lipinski definition) is 1. The standard InChI is InChI=1S/C11H23N/c1-3-5-7-8-9-11-12-10-6-4-2/h7-8,12H,3-6,9-11H2,1-2H3/b8-7-. The summed E-state index contributed by atoms with van der Waals surface area (Å²) in [7, 11) is 0. The van der Waals surface area contributed by atoms with E-state index in [2.05, 4.69) is 31.3 Å². The molecule has 0 rings (SSSR count). The van der Waals surface area contributed by atoms with Crippen molar-refractivity contribution in [1.82, 2.24) is 5.32 Å². The molecule has 0 amide bonds. The molecule has 0 aliphatic heterocycles. The molecule has 0 aliphatic rings. The minimum absolute atomic E-state index is 1.14. The number of rotatable bonds is 8. The zero-order chi connectivity index (χ0) is 9.07. The first-order valence-electron chi connectivity index (χ1n) is 5.27. The summed E-state index contributed by atoms with van der Waals surface area (Å²) in [4.78, 5) is 0. The summed E-state index contributed by atoms with van der Waals surface area (Å²) in [5.41, 5.74) is 0. The van der Waals surface area contributed by atoms with Gasteiger partial charge in [-0.05, 0) is 32.4 Å². The summed E-state index contributed by atoms with van der Waals surface area (Å²) in [5.74, 6) is 0. The highest BCUT2D eigenvalue weighted by Crippen LogP contribution is 1.90. The highest BCUT2D eigenvalue weighted by Gasteiger charge is 1.83. The Labute approximate surface area is 77.2 Å². The van der Waals surface area contributed by atoms with Crippen LogP contribution >= 0.6 is 0 Å². The Hall–Kier alpha value is -0.300. The number of hydrogen-bond donors (Lipinski definition) is 1. The lowest BCUT2D eigenvalue weighted by atomic mass is 10.3. The Morgan fingerprint density at radius 2 is 1.67 bits per heavy atom. The molecular weight excluding hydrogens is 146 g/mol. The van der Waals surface area contributed by atoms with Gasteiger partial charge in [0.15, 0.2) is 0 Å². The smallest absolute Gasteiger partial charge is 0.00143 e. The zero-order valence-corrected chi connectivity index (χ0v) is 8.60. The predicted octanol–water partition coefficient (Wildman–Crippen LogP) is 3.12. The second-order valence-corrected chi connectivity index (χ2v) is 3.15. The molecule has 0 fully saturated rings. The van der Waals surface area contributed by atoms with Crippen LogP contribution in [0.5, 0.6) is 0 Å². The van der Waals surface area contributed by atoms with Crippen molar-refractivity contribution in [2.45, 2.75) is 46.0 Å². The quantitative estimate of drug-likeness (QED) is 0.435. The number of allylic oxidation sites excluding steroid dienone is 1. The molecule has 1 nitrogen and oxygen atoms in total. The molecule has 0 aromatic rings. The van der Waals surface area contributed by atoms with E-state index < -0.39 is 0 Å². The van der Waals surface area contributed by atoms with E-state index in [1.54, 1.807) is 0 Å². The second kappa shape index (κ2) is 10.7. The van der Waals surface area contributed by atoms with Crippen molar-refractivity contribution in [2.24, 2.45) is 0 Å². The van der Waals surface area contributed by atoms with E-state index in [1.807, 2.05) is 0 Å². The molecule has 72 valence electrons. The van der Waals surface area contributed by atoms with E-state index >= 15 is 0 Å². The third-order valence-electron chi connectivity index (χ3n) is 1.82. The summed E-state index contributed by atoms with van der Waals surface area (Å²) in [5, 5.41) is 3.41. The zero-order valence-electron chi connectivity index (χ0n) is 8.60.